The van der Waals surface area contributed by atoms with Gasteiger partial charge in [0.05, 0.1) is 5.56 Å². The number of hydrogen-bond donors (Lipinski definition) is 1. The maximum Gasteiger partial charge on any atom is 0.416 e. The number of esters is 1. The largest absolute Gasteiger partial charge is 0.452 e. The summed E-state index contributed by atoms with van der Waals surface area (Å²) < 4.78 is 42.4. The van der Waals surface area contributed by atoms with Crippen molar-refractivity contribution in [1.82, 2.24) is 0 Å². The van der Waals surface area contributed by atoms with Crippen LogP contribution in [0.5, 0.6) is 0 Å². The Kier molecular flexibility index (Phi) is 7.59. The van der Waals surface area contributed by atoms with Crippen LogP contribution < -0.4 is 5.32 Å². The third kappa shape index (κ3) is 7.10. The fourth-order valence-electron chi connectivity index (χ4n) is 2.46. The topological polar surface area (TPSA) is 55.4 Å². The van der Waals surface area contributed by atoms with Gasteiger partial charge < -0.3 is 10.1 Å². The van der Waals surface area contributed by atoms with Crippen molar-refractivity contribution in [3.8, 4) is 0 Å². The maximum absolute atomic E-state index is 12.5. The Labute approximate surface area is 167 Å². The summed E-state index contributed by atoms with van der Waals surface area (Å²) in [6.07, 6.45) is -1.03. The Morgan fingerprint density at radius 1 is 1.07 bits per heavy atom. The van der Waals surface area contributed by atoms with Crippen LogP contribution in [0.25, 0.3) is 6.08 Å². The van der Waals surface area contributed by atoms with Crippen LogP contribution in [-0.4, -0.2) is 18.5 Å². The average Bonchev–Trinajstić information content (AvgIpc) is 2.70. The molecule has 0 spiro atoms. The number of amides is 1. The van der Waals surface area contributed by atoms with Gasteiger partial charge in [-0.05, 0) is 53.8 Å². The molecule has 154 valence electrons. The van der Waals surface area contributed by atoms with Gasteiger partial charge in [-0.15, -0.1) is 0 Å². The van der Waals surface area contributed by atoms with Crippen molar-refractivity contribution in [2.75, 3.05) is 11.9 Å². The molecule has 0 unspecified atom stereocenters. The molecule has 2 aromatic rings. The first kappa shape index (κ1) is 22.2. The first-order chi connectivity index (χ1) is 13.7. The van der Waals surface area contributed by atoms with Gasteiger partial charge in [0.15, 0.2) is 6.61 Å². The van der Waals surface area contributed by atoms with Crippen LogP contribution in [-0.2, 0) is 20.5 Å². The van der Waals surface area contributed by atoms with Crippen LogP contribution >= 0.6 is 0 Å². The molecule has 2 aromatic carbocycles. The van der Waals surface area contributed by atoms with E-state index in [1.165, 1.54) is 23.8 Å². The molecule has 0 bridgehead atoms. The number of carbonyl (C=O) groups is 2. The number of benzene rings is 2. The van der Waals surface area contributed by atoms with E-state index in [2.05, 4.69) is 19.2 Å². The molecule has 0 heterocycles. The van der Waals surface area contributed by atoms with Gasteiger partial charge in [-0.2, -0.15) is 13.2 Å². The van der Waals surface area contributed by atoms with Gasteiger partial charge in [0, 0.05) is 11.8 Å². The highest BCUT2D eigenvalue weighted by Crippen LogP contribution is 2.29. The number of rotatable bonds is 7. The van der Waals surface area contributed by atoms with Crippen LogP contribution in [0.15, 0.2) is 54.6 Å². The molecule has 0 aliphatic rings. The zero-order valence-electron chi connectivity index (χ0n) is 16.1. The van der Waals surface area contributed by atoms with Gasteiger partial charge in [-0.3, -0.25) is 4.79 Å². The lowest BCUT2D eigenvalue weighted by Crippen LogP contribution is -2.20. The smallest absolute Gasteiger partial charge is 0.416 e. The molecule has 7 heteroatoms. The van der Waals surface area contributed by atoms with Crippen LogP contribution in [0.2, 0.25) is 0 Å². The SMILES string of the molecule is CC[C@@H](C)c1ccc(NC(=O)COC(=O)/C=C/c2ccc(C(F)(F)F)cc2)cc1. The molecule has 1 N–H and O–H groups in total. The summed E-state index contributed by atoms with van der Waals surface area (Å²) in [6.45, 7) is 3.75. The molecule has 29 heavy (non-hydrogen) atoms. The van der Waals surface area contributed by atoms with Gasteiger partial charge >= 0.3 is 12.1 Å². The van der Waals surface area contributed by atoms with Crippen molar-refractivity contribution in [3.63, 3.8) is 0 Å². The van der Waals surface area contributed by atoms with Gasteiger partial charge in [-0.25, -0.2) is 4.79 Å². The number of anilines is 1. The van der Waals surface area contributed by atoms with Gasteiger partial charge in [-0.1, -0.05) is 38.1 Å². The molecular formula is C22H22F3NO3. The van der Waals surface area contributed by atoms with E-state index in [9.17, 15) is 22.8 Å². The lowest BCUT2D eigenvalue weighted by Gasteiger charge is -2.10. The molecular weight excluding hydrogens is 383 g/mol. The van der Waals surface area contributed by atoms with E-state index in [4.69, 9.17) is 4.74 Å². The second kappa shape index (κ2) is 9.91. The van der Waals surface area contributed by atoms with Gasteiger partial charge in [0.1, 0.15) is 0 Å². The quantitative estimate of drug-likeness (QED) is 0.495. The molecule has 0 fully saturated rings. The fraction of sp³-hybridized carbons (Fsp3) is 0.273. The molecule has 1 amide bonds. The highest BCUT2D eigenvalue weighted by molar-refractivity contribution is 5.94. The zero-order chi connectivity index (χ0) is 21.4. The Morgan fingerprint density at radius 3 is 2.24 bits per heavy atom. The fourth-order valence-corrected chi connectivity index (χ4v) is 2.46. The van der Waals surface area contributed by atoms with E-state index in [-0.39, 0.29) is 0 Å². The minimum atomic E-state index is -4.41. The Hall–Kier alpha value is -3.09. The van der Waals surface area contributed by atoms with Gasteiger partial charge in [0.2, 0.25) is 0 Å². The lowest BCUT2D eigenvalue weighted by molar-refractivity contribution is -0.142. The highest BCUT2D eigenvalue weighted by Gasteiger charge is 2.29. The lowest BCUT2D eigenvalue weighted by atomic mass is 9.99. The van der Waals surface area contributed by atoms with E-state index in [0.29, 0.717) is 17.2 Å². The normalized spacial score (nSPS) is 12.6. The van der Waals surface area contributed by atoms with E-state index in [1.54, 1.807) is 12.1 Å². The maximum atomic E-state index is 12.5. The molecule has 0 aromatic heterocycles. The molecule has 0 aliphatic heterocycles. The summed E-state index contributed by atoms with van der Waals surface area (Å²) in [5.41, 5.74) is 1.40. The predicted molar refractivity (Wildman–Crippen MR) is 105 cm³/mol. The standard InChI is InChI=1S/C22H22F3NO3/c1-3-15(2)17-7-11-19(12-8-17)26-20(27)14-29-21(28)13-6-16-4-9-18(10-5-16)22(23,24)25/h4-13,15H,3,14H2,1-2H3,(H,26,27)/b13-6+/t15-/m1/s1. The number of nitrogens with one attached hydrogen (secondary N) is 1. The number of ether oxygens (including phenoxy) is 1. The second-order valence-electron chi connectivity index (χ2n) is 6.54. The third-order valence-electron chi connectivity index (χ3n) is 4.37. The summed E-state index contributed by atoms with van der Waals surface area (Å²) >= 11 is 0. The zero-order valence-corrected chi connectivity index (χ0v) is 16.1. The predicted octanol–water partition coefficient (Wildman–Crippen LogP) is 5.41. The van der Waals surface area contributed by atoms with Crippen molar-refractivity contribution in [2.45, 2.75) is 32.4 Å². The number of alkyl halides is 3. The molecule has 0 radical (unpaired) electrons. The number of halogens is 3. The second-order valence-corrected chi connectivity index (χ2v) is 6.54. The van der Waals surface area contributed by atoms with E-state index in [1.807, 2.05) is 12.1 Å². The van der Waals surface area contributed by atoms with Crippen LogP contribution in [0.3, 0.4) is 0 Å². The summed E-state index contributed by atoms with van der Waals surface area (Å²) in [7, 11) is 0. The van der Waals surface area contributed by atoms with Crippen molar-refractivity contribution in [2.24, 2.45) is 0 Å². The van der Waals surface area contributed by atoms with Crippen LogP contribution in [0, 0.1) is 0 Å². The number of carbonyl (C=O) groups excluding carboxylic acids is 2. The minimum absolute atomic E-state index is 0.404. The Morgan fingerprint density at radius 2 is 1.69 bits per heavy atom. The minimum Gasteiger partial charge on any atom is -0.452 e. The highest BCUT2D eigenvalue weighted by atomic mass is 19.4. The number of hydrogen-bond acceptors (Lipinski definition) is 3. The molecule has 0 saturated heterocycles. The summed E-state index contributed by atoms with van der Waals surface area (Å²) in [6, 6.07) is 11.8. The summed E-state index contributed by atoms with van der Waals surface area (Å²) in [4.78, 5) is 23.6. The van der Waals surface area contributed by atoms with Crippen molar-refractivity contribution < 1.29 is 27.5 Å². The van der Waals surface area contributed by atoms with Crippen LogP contribution in [0.4, 0.5) is 18.9 Å². The Bertz CT molecular complexity index is 856. The first-order valence-electron chi connectivity index (χ1n) is 9.11. The summed E-state index contributed by atoms with van der Waals surface area (Å²) in [5, 5.41) is 2.63. The van der Waals surface area contributed by atoms with E-state index >= 15 is 0 Å². The van der Waals surface area contributed by atoms with Crippen LogP contribution in [0.1, 0.15) is 42.9 Å². The molecule has 2 rings (SSSR count). The van der Waals surface area contributed by atoms with Crippen molar-refractivity contribution >= 4 is 23.6 Å². The van der Waals surface area contributed by atoms with Crippen molar-refractivity contribution in [3.05, 3.63) is 71.3 Å². The van der Waals surface area contributed by atoms with Gasteiger partial charge in [0.25, 0.3) is 5.91 Å². The average molecular weight is 405 g/mol. The molecule has 4 nitrogen and oxygen atoms in total. The summed E-state index contributed by atoms with van der Waals surface area (Å²) in [5.74, 6) is -0.832. The van der Waals surface area contributed by atoms with E-state index in [0.717, 1.165) is 24.6 Å². The molecule has 0 saturated carbocycles. The third-order valence-corrected chi connectivity index (χ3v) is 4.37. The monoisotopic (exact) mass is 405 g/mol. The Balaban J connectivity index is 1.81. The van der Waals surface area contributed by atoms with E-state index < -0.39 is 30.2 Å². The first-order valence-corrected chi connectivity index (χ1v) is 9.11. The van der Waals surface area contributed by atoms with Crippen molar-refractivity contribution in [1.29, 1.82) is 0 Å². The molecule has 0 aliphatic carbocycles. The molecule has 1 atom stereocenters.